The summed E-state index contributed by atoms with van der Waals surface area (Å²) in [6.45, 7) is 2.95. The van der Waals surface area contributed by atoms with Gasteiger partial charge in [0, 0.05) is 30.6 Å². The van der Waals surface area contributed by atoms with Gasteiger partial charge < -0.3 is 15.4 Å². The molecule has 1 atom stereocenters. The minimum absolute atomic E-state index is 0.632. The lowest BCUT2D eigenvalue weighted by Crippen LogP contribution is -2.21. The Morgan fingerprint density at radius 3 is 3.06 bits per heavy atom. The fourth-order valence-corrected chi connectivity index (χ4v) is 2.62. The van der Waals surface area contributed by atoms with Crippen molar-refractivity contribution in [3.63, 3.8) is 0 Å². The van der Waals surface area contributed by atoms with E-state index in [0.29, 0.717) is 5.92 Å². The second kappa shape index (κ2) is 5.06. The van der Waals surface area contributed by atoms with Crippen LogP contribution in [0.1, 0.15) is 6.42 Å². The van der Waals surface area contributed by atoms with Crippen LogP contribution in [0.3, 0.4) is 0 Å². The molecule has 1 unspecified atom stereocenters. The number of nitrogen functional groups attached to an aromatic ring is 1. The number of hydrogen-bond acceptors (Lipinski definition) is 3. The normalized spacial score (nSPS) is 20.4. The number of rotatable bonds is 3. The fourth-order valence-electron chi connectivity index (χ4n) is 2.24. The van der Waals surface area contributed by atoms with Crippen LogP contribution in [0.5, 0.6) is 0 Å². The lowest BCUT2D eigenvalue weighted by atomic mass is 10.1. The van der Waals surface area contributed by atoms with Crippen molar-refractivity contribution in [3.8, 4) is 0 Å². The third kappa shape index (κ3) is 2.50. The van der Waals surface area contributed by atoms with Crippen LogP contribution in [-0.4, -0.2) is 26.8 Å². The zero-order valence-electron chi connectivity index (χ0n) is 9.45. The van der Waals surface area contributed by atoms with Crippen LogP contribution in [0.15, 0.2) is 22.7 Å². The first-order chi connectivity index (χ1) is 7.70. The fraction of sp³-hybridized carbons (Fsp3) is 0.500. The standard InChI is InChI=1S/C12H17BrN2O/c1-16-8-9-4-5-15(7-9)12-3-2-10(13)6-11(12)14/h2-3,6,9H,4-5,7-8,14H2,1H3. The van der Waals surface area contributed by atoms with Crippen LogP contribution in [0.2, 0.25) is 0 Å². The highest BCUT2D eigenvalue weighted by molar-refractivity contribution is 9.10. The predicted molar refractivity (Wildman–Crippen MR) is 70.8 cm³/mol. The molecule has 1 aliphatic heterocycles. The molecule has 2 rings (SSSR count). The predicted octanol–water partition coefficient (Wildman–Crippen LogP) is 2.50. The molecule has 88 valence electrons. The monoisotopic (exact) mass is 284 g/mol. The Labute approximate surface area is 105 Å². The first-order valence-electron chi connectivity index (χ1n) is 5.49. The number of nitrogens with zero attached hydrogens (tertiary/aromatic N) is 1. The number of hydrogen-bond donors (Lipinski definition) is 1. The van der Waals surface area contributed by atoms with Crippen LogP contribution in [-0.2, 0) is 4.74 Å². The Balaban J connectivity index is 2.08. The van der Waals surface area contributed by atoms with Crippen molar-refractivity contribution in [3.05, 3.63) is 22.7 Å². The molecule has 0 aliphatic carbocycles. The van der Waals surface area contributed by atoms with E-state index in [1.807, 2.05) is 12.1 Å². The summed E-state index contributed by atoms with van der Waals surface area (Å²) in [6.07, 6.45) is 1.18. The highest BCUT2D eigenvalue weighted by Crippen LogP contribution is 2.30. The van der Waals surface area contributed by atoms with Gasteiger partial charge in [0.15, 0.2) is 0 Å². The number of benzene rings is 1. The van der Waals surface area contributed by atoms with Crippen LogP contribution in [0.4, 0.5) is 11.4 Å². The molecule has 2 N–H and O–H groups in total. The van der Waals surface area contributed by atoms with E-state index >= 15 is 0 Å². The number of nitrogens with two attached hydrogens (primary N) is 1. The van der Waals surface area contributed by atoms with E-state index in [2.05, 4.69) is 26.9 Å². The molecule has 4 heteroatoms. The molecule has 1 fully saturated rings. The molecule has 0 radical (unpaired) electrons. The van der Waals surface area contributed by atoms with Gasteiger partial charge in [0.05, 0.1) is 18.0 Å². The maximum atomic E-state index is 6.02. The number of ether oxygens (including phenoxy) is 1. The molecule has 1 heterocycles. The largest absolute Gasteiger partial charge is 0.397 e. The van der Waals surface area contributed by atoms with Crippen molar-refractivity contribution in [2.24, 2.45) is 5.92 Å². The molecule has 1 aliphatic rings. The number of methoxy groups -OCH3 is 1. The van der Waals surface area contributed by atoms with Gasteiger partial charge in [0.25, 0.3) is 0 Å². The summed E-state index contributed by atoms with van der Waals surface area (Å²) in [6, 6.07) is 6.07. The molecule has 0 saturated carbocycles. The molecule has 16 heavy (non-hydrogen) atoms. The zero-order valence-corrected chi connectivity index (χ0v) is 11.0. The van der Waals surface area contributed by atoms with Gasteiger partial charge >= 0.3 is 0 Å². The van der Waals surface area contributed by atoms with Gasteiger partial charge in [-0.15, -0.1) is 0 Å². The highest BCUT2D eigenvalue weighted by Gasteiger charge is 2.23. The molecule has 0 spiro atoms. The molecule has 0 amide bonds. The van der Waals surface area contributed by atoms with Crippen molar-refractivity contribution >= 4 is 27.3 Å². The molecular weight excluding hydrogens is 268 g/mol. The Hall–Kier alpha value is -0.740. The molecule has 1 aromatic carbocycles. The molecular formula is C12H17BrN2O. The summed E-state index contributed by atoms with van der Waals surface area (Å²) in [4.78, 5) is 2.34. The topological polar surface area (TPSA) is 38.5 Å². The van der Waals surface area contributed by atoms with E-state index in [4.69, 9.17) is 10.5 Å². The molecule has 0 aromatic heterocycles. The van der Waals surface area contributed by atoms with E-state index in [-0.39, 0.29) is 0 Å². The number of anilines is 2. The maximum absolute atomic E-state index is 6.02. The van der Waals surface area contributed by atoms with Crippen LogP contribution >= 0.6 is 15.9 Å². The third-order valence-electron chi connectivity index (χ3n) is 3.02. The lowest BCUT2D eigenvalue weighted by molar-refractivity contribution is 0.161. The molecule has 3 nitrogen and oxygen atoms in total. The maximum Gasteiger partial charge on any atom is 0.0600 e. The smallest absolute Gasteiger partial charge is 0.0600 e. The quantitative estimate of drug-likeness (QED) is 0.867. The van der Waals surface area contributed by atoms with Gasteiger partial charge in [-0.2, -0.15) is 0 Å². The summed E-state index contributed by atoms with van der Waals surface area (Å²) in [5.41, 5.74) is 8.00. The van der Waals surface area contributed by atoms with Gasteiger partial charge in [0.2, 0.25) is 0 Å². The van der Waals surface area contributed by atoms with Gasteiger partial charge in [-0.25, -0.2) is 0 Å². The van der Waals surface area contributed by atoms with Crippen molar-refractivity contribution in [1.82, 2.24) is 0 Å². The summed E-state index contributed by atoms with van der Waals surface area (Å²) in [5, 5.41) is 0. The van der Waals surface area contributed by atoms with Crippen LogP contribution < -0.4 is 10.6 Å². The van der Waals surface area contributed by atoms with Crippen molar-refractivity contribution < 1.29 is 4.74 Å². The Morgan fingerprint density at radius 2 is 2.38 bits per heavy atom. The average molecular weight is 285 g/mol. The van der Waals surface area contributed by atoms with Gasteiger partial charge in [-0.1, -0.05) is 15.9 Å². The van der Waals surface area contributed by atoms with E-state index in [1.54, 1.807) is 7.11 Å². The zero-order chi connectivity index (χ0) is 11.5. The van der Waals surface area contributed by atoms with Crippen LogP contribution in [0, 0.1) is 5.92 Å². The Bertz CT molecular complexity index is 370. The SMILES string of the molecule is COCC1CCN(c2ccc(Br)cc2N)C1. The molecule has 1 aromatic rings. The second-order valence-corrected chi connectivity index (χ2v) is 5.17. The van der Waals surface area contributed by atoms with Gasteiger partial charge in [-0.3, -0.25) is 0 Å². The lowest BCUT2D eigenvalue weighted by Gasteiger charge is -2.20. The Kier molecular flexibility index (Phi) is 3.71. The minimum Gasteiger partial charge on any atom is -0.397 e. The summed E-state index contributed by atoms with van der Waals surface area (Å²) >= 11 is 3.42. The van der Waals surface area contributed by atoms with E-state index in [0.717, 1.165) is 35.5 Å². The first kappa shape index (κ1) is 11.7. The van der Waals surface area contributed by atoms with Gasteiger partial charge in [0.1, 0.15) is 0 Å². The molecule has 1 saturated heterocycles. The first-order valence-corrected chi connectivity index (χ1v) is 6.29. The van der Waals surface area contributed by atoms with E-state index < -0.39 is 0 Å². The second-order valence-electron chi connectivity index (χ2n) is 4.26. The van der Waals surface area contributed by atoms with Crippen LogP contribution in [0.25, 0.3) is 0 Å². The summed E-state index contributed by atoms with van der Waals surface area (Å²) in [7, 11) is 1.76. The minimum atomic E-state index is 0.632. The highest BCUT2D eigenvalue weighted by atomic mass is 79.9. The molecule has 0 bridgehead atoms. The van der Waals surface area contributed by atoms with Gasteiger partial charge in [-0.05, 0) is 24.6 Å². The van der Waals surface area contributed by atoms with Crippen molar-refractivity contribution in [2.45, 2.75) is 6.42 Å². The van der Waals surface area contributed by atoms with Crippen molar-refractivity contribution in [2.75, 3.05) is 37.4 Å². The van der Waals surface area contributed by atoms with E-state index in [1.165, 1.54) is 6.42 Å². The average Bonchev–Trinajstić information content (AvgIpc) is 2.67. The van der Waals surface area contributed by atoms with Crippen molar-refractivity contribution in [1.29, 1.82) is 0 Å². The summed E-state index contributed by atoms with van der Waals surface area (Å²) < 4.78 is 6.22. The van der Waals surface area contributed by atoms with E-state index in [9.17, 15) is 0 Å². The third-order valence-corrected chi connectivity index (χ3v) is 3.51. The summed E-state index contributed by atoms with van der Waals surface area (Å²) in [5.74, 6) is 0.632. The Morgan fingerprint density at radius 1 is 1.56 bits per heavy atom. The number of halogens is 1.